The van der Waals surface area contributed by atoms with Crippen LogP contribution in [0.25, 0.3) is 0 Å². The molecule has 1 saturated carbocycles. The van der Waals surface area contributed by atoms with Crippen LogP contribution in [0.15, 0.2) is 48.5 Å². The van der Waals surface area contributed by atoms with E-state index in [0.717, 1.165) is 36.8 Å². The lowest BCUT2D eigenvalue weighted by atomic mass is 9.85. The third-order valence-electron chi connectivity index (χ3n) is 5.47. The Balaban J connectivity index is 1.78. The van der Waals surface area contributed by atoms with Gasteiger partial charge in [-0.1, -0.05) is 61.7 Å². The van der Waals surface area contributed by atoms with E-state index in [1.54, 1.807) is 30.3 Å². The molecule has 0 radical (unpaired) electrons. The Bertz CT molecular complexity index is 809. The zero-order valence-electron chi connectivity index (χ0n) is 16.2. The lowest BCUT2D eigenvalue weighted by Crippen LogP contribution is -2.34. The number of carbonyl (C=O) groups excluding carboxylic acids is 1. The van der Waals surface area contributed by atoms with E-state index >= 15 is 0 Å². The Morgan fingerprint density at radius 1 is 1.14 bits per heavy atom. The maximum atomic E-state index is 13.4. The zero-order chi connectivity index (χ0) is 20.3. The molecule has 1 N–H and O–H groups in total. The van der Waals surface area contributed by atoms with Crippen LogP contribution in [-0.4, -0.2) is 12.1 Å². The summed E-state index contributed by atoms with van der Waals surface area (Å²) in [6.07, 6.45) is 0.149. The third kappa shape index (κ3) is 5.37. The molecule has 2 unspecified atom stereocenters. The molecule has 5 heteroatoms. The Kier molecular flexibility index (Phi) is 6.11. The lowest BCUT2D eigenvalue weighted by molar-refractivity contribution is -0.178. The van der Waals surface area contributed by atoms with Crippen molar-refractivity contribution in [2.75, 3.05) is 5.32 Å². The van der Waals surface area contributed by atoms with Crippen LogP contribution in [0.1, 0.15) is 48.8 Å². The number of benzene rings is 2. The maximum absolute atomic E-state index is 13.4. The molecule has 150 valence electrons. The van der Waals surface area contributed by atoms with Crippen LogP contribution < -0.4 is 5.32 Å². The first-order chi connectivity index (χ1) is 13.2. The molecule has 2 aromatic rings. The molecule has 28 heavy (non-hydrogen) atoms. The summed E-state index contributed by atoms with van der Waals surface area (Å²) in [5.74, 6) is -2.91. The van der Waals surface area contributed by atoms with Gasteiger partial charge in [0.2, 0.25) is 5.91 Å². The van der Waals surface area contributed by atoms with Crippen molar-refractivity contribution in [2.45, 2.75) is 51.6 Å². The Hall–Kier alpha value is -2.30. The standard InChI is InChI=1S/C23H26F3NO/c1-15-6-12-19(13-7-15)21(16(2)23(24,25)26)22(28)27-20-5-3-4-18(14-20)11-10-17-8-9-17/h3-7,12-14,16-17,21H,8-11H2,1-2H3,(H,27,28). The number of nitrogens with one attached hydrogen (secondary N) is 1. The Labute approximate surface area is 164 Å². The number of alkyl halides is 3. The van der Waals surface area contributed by atoms with Gasteiger partial charge in [0.25, 0.3) is 0 Å². The zero-order valence-corrected chi connectivity index (χ0v) is 16.2. The summed E-state index contributed by atoms with van der Waals surface area (Å²) in [5, 5.41) is 2.71. The van der Waals surface area contributed by atoms with Crippen LogP contribution in [-0.2, 0) is 11.2 Å². The summed E-state index contributed by atoms with van der Waals surface area (Å²) < 4.78 is 40.3. The summed E-state index contributed by atoms with van der Waals surface area (Å²) in [5.41, 5.74) is 2.95. The predicted octanol–water partition coefficient (Wildman–Crippen LogP) is 6.26. The van der Waals surface area contributed by atoms with E-state index in [1.165, 1.54) is 12.8 Å². The molecule has 1 aliphatic carbocycles. The van der Waals surface area contributed by atoms with E-state index in [-0.39, 0.29) is 0 Å². The summed E-state index contributed by atoms with van der Waals surface area (Å²) in [6.45, 7) is 2.93. The van der Waals surface area contributed by atoms with Gasteiger partial charge in [0, 0.05) is 5.69 Å². The third-order valence-corrected chi connectivity index (χ3v) is 5.47. The number of anilines is 1. The summed E-state index contributed by atoms with van der Waals surface area (Å²) in [6, 6.07) is 14.1. The second-order valence-corrected chi connectivity index (χ2v) is 7.89. The van der Waals surface area contributed by atoms with Crippen molar-refractivity contribution >= 4 is 11.6 Å². The van der Waals surface area contributed by atoms with E-state index in [9.17, 15) is 18.0 Å². The van der Waals surface area contributed by atoms with E-state index in [4.69, 9.17) is 0 Å². The Morgan fingerprint density at radius 2 is 1.82 bits per heavy atom. The number of aryl methyl sites for hydroxylation is 2. The van der Waals surface area contributed by atoms with Gasteiger partial charge >= 0.3 is 6.18 Å². The van der Waals surface area contributed by atoms with Gasteiger partial charge in [-0.2, -0.15) is 13.2 Å². The highest BCUT2D eigenvalue weighted by molar-refractivity contribution is 5.96. The van der Waals surface area contributed by atoms with Crippen LogP contribution in [0, 0.1) is 18.8 Å². The van der Waals surface area contributed by atoms with Crippen molar-refractivity contribution in [2.24, 2.45) is 11.8 Å². The average molecular weight is 389 g/mol. The fourth-order valence-electron chi connectivity index (χ4n) is 3.43. The SMILES string of the molecule is Cc1ccc(C(C(=O)Nc2cccc(CCC3CC3)c2)C(C)C(F)(F)F)cc1. The molecular formula is C23H26F3NO. The topological polar surface area (TPSA) is 29.1 Å². The fraction of sp³-hybridized carbons (Fsp3) is 0.435. The van der Waals surface area contributed by atoms with Crippen molar-refractivity contribution in [1.82, 2.24) is 0 Å². The first-order valence-corrected chi connectivity index (χ1v) is 9.77. The van der Waals surface area contributed by atoms with Crippen molar-refractivity contribution in [1.29, 1.82) is 0 Å². The number of halogens is 3. The monoisotopic (exact) mass is 389 g/mol. The van der Waals surface area contributed by atoms with E-state index < -0.39 is 23.9 Å². The lowest BCUT2D eigenvalue weighted by Gasteiger charge is -2.26. The number of rotatable bonds is 7. The highest BCUT2D eigenvalue weighted by atomic mass is 19.4. The van der Waals surface area contributed by atoms with Crippen LogP contribution >= 0.6 is 0 Å². The summed E-state index contributed by atoms with van der Waals surface area (Å²) >= 11 is 0. The van der Waals surface area contributed by atoms with Gasteiger partial charge in [-0.25, -0.2) is 0 Å². The largest absolute Gasteiger partial charge is 0.392 e. The summed E-state index contributed by atoms with van der Waals surface area (Å²) in [7, 11) is 0. The van der Waals surface area contributed by atoms with Crippen molar-refractivity contribution in [3.05, 3.63) is 65.2 Å². The number of carbonyl (C=O) groups is 1. The molecule has 1 fully saturated rings. The minimum absolute atomic E-state index is 0.373. The van der Waals surface area contributed by atoms with Gasteiger partial charge in [0.05, 0.1) is 11.8 Å². The minimum atomic E-state index is -4.46. The van der Waals surface area contributed by atoms with Gasteiger partial charge in [-0.15, -0.1) is 0 Å². The second-order valence-electron chi connectivity index (χ2n) is 7.89. The average Bonchev–Trinajstić information content (AvgIpc) is 3.46. The second kappa shape index (κ2) is 8.38. The van der Waals surface area contributed by atoms with Crippen LogP contribution in [0.3, 0.4) is 0 Å². The molecule has 1 aliphatic rings. The van der Waals surface area contributed by atoms with Gasteiger partial charge in [0.15, 0.2) is 0 Å². The molecule has 0 bridgehead atoms. The molecular weight excluding hydrogens is 363 g/mol. The molecule has 0 saturated heterocycles. The minimum Gasteiger partial charge on any atom is -0.326 e. The smallest absolute Gasteiger partial charge is 0.326 e. The predicted molar refractivity (Wildman–Crippen MR) is 105 cm³/mol. The van der Waals surface area contributed by atoms with Gasteiger partial charge in [0.1, 0.15) is 0 Å². The normalized spacial score (nSPS) is 16.5. The Morgan fingerprint density at radius 3 is 2.43 bits per heavy atom. The first-order valence-electron chi connectivity index (χ1n) is 9.77. The molecule has 0 heterocycles. The van der Waals surface area contributed by atoms with Crippen molar-refractivity contribution in [3.8, 4) is 0 Å². The highest BCUT2D eigenvalue weighted by Crippen LogP contribution is 2.38. The van der Waals surface area contributed by atoms with Crippen molar-refractivity contribution < 1.29 is 18.0 Å². The van der Waals surface area contributed by atoms with E-state index in [2.05, 4.69) is 5.32 Å². The summed E-state index contributed by atoms with van der Waals surface area (Å²) in [4.78, 5) is 12.9. The van der Waals surface area contributed by atoms with Crippen LogP contribution in [0.2, 0.25) is 0 Å². The van der Waals surface area contributed by atoms with Crippen LogP contribution in [0.5, 0.6) is 0 Å². The number of hydrogen-bond donors (Lipinski definition) is 1. The van der Waals surface area contributed by atoms with E-state index in [0.29, 0.717) is 11.3 Å². The highest BCUT2D eigenvalue weighted by Gasteiger charge is 2.44. The molecule has 0 aliphatic heterocycles. The number of hydrogen-bond acceptors (Lipinski definition) is 1. The molecule has 2 atom stereocenters. The van der Waals surface area contributed by atoms with Crippen LogP contribution in [0.4, 0.5) is 18.9 Å². The molecule has 1 amide bonds. The number of amides is 1. The van der Waals surface area contributed by atoms with Crippen molar-refractivity contribution in [3.63, 3.8) is 0 Å². The maximum Gasteiger partial charge on any atom is 0.392 e. The van der Waals surface area contributed by atoms with Gasteiger partial charge < -0.3 is 5.32 Å². The first kappa shape index (κ1) is 20.4. The molecule has 3 rings (SSSR count). The molecule has 2 aromatic carbocycles. The molecule has 0 spiro atoms. The fourth-order valence-corrected chi connectivity index (χ4v) is 3.43. The quantitative estimate of drug-likeness (QED) is 0.595. The molecule has 0 aromatic heterocycles. The van der Waals surface area contributed by atoms with E-state index in [1.807, 2.05) is 25.1 Å². The van der Waals surface area contributed by atoms with Gasteiger partial charge in [-0.05, 0) is 48.9 Å². The van der Waals surface area contributed by atoms with Gasteiger partial charge in [-0.3, -0.25) is 4.79 Å². The molecule has 2 nitrogen and oxygen atoms in total.